The molecule has 138 valence electrons. The molecule has 0 atom stereocenters. The van der Waals surface area contributed by atoms with Crippen LogP contribution in [-0.2, 0) is 11.3 Å². The Bertz CT molecular complexity index is 785. The van der Waals surface area contributed by atoms with Gasteiger partial charge in [-0.15, -0.1) is 24.0 Å². The first-order chi connectivity index (χ1) is 12.0. The number of amides is 1. The molecule has 3 N–H and O–H groups in total. The van der Waals surface area contributed by atoms with Gasteiger partial charge in [0.2, 0.25) is 0 Å². The van der Waals surface area contributed by atoms with Crippen molar-refractivity contribution in [3.63, 3.8) is 0 Å². The summed E-state index contributed by atoms with van der Waals surface area (Å²) >= 11 is 0. The summed E-state index contributed by atoms with van der Waals surface area (Å²) in [4.78, 5) is 17.5. The highest BCUT2D eigenvalue weighted by molar-refractivity contribution is 14.0. The molecular formula is C19H23IN4O2. The average Bonchev–Trinajstić information content (AvgIpc) is 2.98. The van der Waals surface area contributed by atoms with Crippen molar-refractivity contribution < 1.29 is 9.53 Å². The highest BCUT2D eigenvalue weighted by Gasteiger charge is 2.23. The standard InChI is InChI=1S/C19H22N4O2.HI/c1-13-9-14(2)11-16(10-13)22-18(20)21-12-15-3-5-17(6-4-15)23-7-8-25-19(23)24;/h3-6,9-11H,7-8,12H2,1-2H3,(H3,20,21,22);1H. The lowest BCUT2D eigenvalue weighted by molar-refractivity contribution is 0.181. The number of benzene rings is 2. The van der Waals surface area contributed by atoms with E-state index in [2.05, 4.69) is 16.4 Å². The zero-order chi connectivity index (χ0) is 17.8. The molecule has 3 rings (SSSR count). The summed E-state index contributed by atoms with van der Waals surface area (Å²) in [5.74, 6) is 0.372. The van der Waals surface area contributed by atoms with Crippen LogP contribution in [0.25, 0.3) is 0 Å². The lowest BCUT2D eigenvalue weighted by atomic mass is 10.1. The number of hydrogen-bond acceptors (Lipinski definition) is 3. The second-order valence-corrected chi connectivity index (χ2v) is 6.14. The molecule has 2 aromatic carbocycles. The Labute approximate surface area is 170 Å². The van der Waals surface area contributed by atoms with Crippen LogP contribution < -0.4 is 16.0 Å². The van der Waals surface area contributed by atoms with Crippen molar-refractivity contribution >= 4 is 47.4 Å². The number of aryl methyl sites for hydroxylation is 2. The van der Waals surface area contributed by atoms with Crippen LogP contribution in [-0.4, -0.2) is 25.2 Å². The van der Waals surface area contributed by atoms with Gasteiger partial charge in [0.05, 0.1) is 13.1 Å². The molecule has 1 heterocycles. The molecule has 0 unspecified atom stereocenters. The number of ether oxygens (including phenoxy) is 1. The second kappa shape index (κ2) is 8.88. The second-order valence-electron chi connectivity index (χ2n) is 6.14. The number of hydrogen-bond donors (Lipinski definition) is 2. The Balaban J connectivity index is 0.00000243. The summed E-state index contributed by atoms with van der Waals surface area (Å²) in [5, 5.41) is 3.11. The Morgan fingerprint density at radius 2 is 1.85 bits per heavy atom. The summed E-state index contributed by atoms with van der Waals surface area (Å²) in [7, 11) is 0. The number of guanidine groups is 1. The first-order valence-corrected chi connectivity index (χ1v) is 8.20. The number of nitrogens with one attached hydrogen (secondary N) is 1. The van der Waals surface area contributed by atoms with Gasteiger partial charge in [0.15, 0.2) is 5.96 Å². The van der Waals surface area contributed by atoms with Gasteiger partial charge in [-0.3, -0.25) is 4.90 Å². The summed E-state index contributed by atoms with van der Waals surface area (Å²) < 4.78 is 4.94. The Morgan fingerprint density at radius 3 is 2.42 bits per heavy atom. The minimum atomic E-state index is -0.298. The fraction of sp³-hybridized carbons (Fsp3) is 0.263. The molecule has 1 aliphatic heterocycles. The Hall–Kier alpha value is -2.29. The molecule has 0 saturated carbocycles. The first-order valence-electron chi connectivity index (χ1n) is 8.20. The average molecular weight is 466 g/mol. The smallest absolute Gasteiger partial charge is 0.414 e. The van der Waals surface area contributed by atoms with E-state index in [0.717, 1.165) is 16.9 Å². The molecule has 0 radical (unpaired) electrons. The zero-order valence-electron chi connectivity index (χ0n) is 14.9. The largest absolute Gasteiger partial charge is 0.447 e. The van der Waals surface area contributed by atoms with Crippen LogP contribution in [0.15, 0.2) is 47.5 Å². The maximum absolute atomic E-state index is 11.6. The van der Waals surface area contributed by atoms with Crippen molar-refractivity contribution in [2.75, 3.05) is 23.4 Å². The predicted octanol–water partition coefficient (Wildman–Crippen LogP) is 3.80. The van der Waals surface area contributed by atoms with Crippen molar-refractivity contribution in [1.29, 1.82) is 0 Å². The number of carbonyl (C=O) groups is 1. The first kappa shape index (κ1) is 20.0. The van der Waals surface area contributed by atoms with Gasteiger partial charge < -0.3 is 15.8 Å². The number of halogens is 1. The highest BCUT2D eigenvalue weighted by atomic mass is 127. The molecule has 6 nitrogen and oxygen atoms in total. The minimum absolute atomic E-state index is 0. The van der Waals surface area contributed by atoms with Crippen molar-refractivity contribution in [2.45, 2.75) is 20.4 Å². The lowest BCUT2D eigenvalue weighted by Crippen LogP contribution is -2.23. The molecule has 1 saturated heterocycles. The van der Waals surface area contributed by atoms with Gasteiger partial charge in [-0.1, -0.05) is 18.2 Å². The molecule has 1 amide bonds. The van der Waals surface area contributed by atoms with Gasteiger partial charge in [0, 0.05) is 11.4 Å². The number of nitrogens with zero attached hydrogens (tertiary/aromatic N) is 2. The summed E-state index contributed by atoms with van der Waals surface area (Å²) in [6, 6.07) is 13.8. The molecule has 1 fully saturated rings. The van der Waals surface area contributed by atoms with E-state index in [1.807, 2.05) is 50.2 Å². The van der Waals surface area contributed by atoms with Crippen molar-refractivity contribution in [2.24, 2.45) is 10.7 Å². The monoisotopic (exact) mass is 466 g/mol. The summed E-state index contributed by atoms with van der Waals surface area (Å²) in [5.41, 5.74) is 11.1. The van der Waals surface area contributed by atoms with Crippen molar-refractivity contribution in [3.8, 4) is 0 Å². The van der Waals surface area contributed by atoms with Crippen LogP contribution in [0.3, 0.4) is 0 Å². The van der Waals surface area contributed by atoms with E-state index < -0.39 is 0 Å². The van der Waals surface area contributed by atoms with Crippen LogP contribution in [0.1, 0.15) is 16.7 Å². The van der Waals surface area contributed by atoms with E-state index in [4.69, 9.17) is 10.5 Å². The predicted molar refractivity (Wildman–Crippen MR) is 115 cm³/mol. The van der Waals surface area contributed by atoms with E-state index in [1.54, 1.807) is 4.90 Å². The number of anilines is 2. The number of rotatable bonds is 4. The molecule has 0 spiro atoms. The summed E-state index contributed by atoms with van der Waals surface area (Å²) in [6.07, 6.45) is -0.298. The van der Waals surface area contributed by atoms with Crippen molar-refractivity contribution in [1.82, 2.24) is 0 Å². The number of cyclic esters (lactones) is 1. The Kier molecular flexibility index (Phi) is 6.84. The van der Waals surface area contributed by atoms with Crippen LogP contribution in [0, 0.1) is 13.8 Å². The van der Waals surface area contributed by atoms with E-state index in [1.165, 1.54) is 11.1 Å². The van der Waals surface area contributed by atoms with E-state index in [-0.39, 0.29) is 30.1 Å². The lowest BCUT2D eigenvalue weighted by Gasteiger charge is -2.12. The maximum atomic E-state index is 11.6. The molecule has 26 heavy (non-hydrogen) atoms. The van der Waals surface area contributed by atoms with Gasteiger partial charge in [0.1, 0.15) is 6.61 Å². The zero-order valence-corrected chi connectivity index (χ0v) is 17.2. The molecule has 0 bridgehead atoms. The van der Waals surface area contributed by atoms with Crippen LogP contribution in [0.5, 0.6) is 0 Å². The molecule has 0 aliphatic carbocycles. The molecule has 1 aliphatic rings. The fourth-order valence-corrected chi connectivity index (χ4v) is 2.82. The van der Waals surface area contributed by atoms with E-state index >= 15 is 0 Å². The van der Waals surface area contributed by atoms with Gasteiger partial charge >= 0.3 is 6.09 Å². The fourth-order valence-electron chi connectivity index (χ4n) is 2.82. The molecule has 0 aromatic heterocycles. The van der Waals surface area contributed by atoms with Crippen LogP contribution in [0.2, 0.25) is 0 Å². The number of nitrogens with two attached hydrogens (primary N) is 1. The topological polar surface area (TPSA) is 79.9 Å². The third-order valence-electron chi connectivity index (χ3n) is 3.93. The third kappa shape index (κ3) is 5.10. The minimum Gasteiger partial charge on any atom is -0.447 e. The molecule has 2 aromatic rings. The normalized spacial score (nSPS) is 14.0. The van der Waals surface area contributed by atoms with E-state index in [9.17, 15) is 4.79 Å². The van der Waals surface area contributed by atoms with Crippen LogP contribution >= 0.6 is 24.0 Å². The van der Waals surface area contributed by atoms with Gasteiger partial charge in [-0.25, -0.2) is 9.79 Å². The number of aliphatic imine (C=N–C) groups is 1. The van der Waals surface area contributed by atoms with Gasteiger partial charge in [-0.2, -0.15) is 0 Å². The van der Waals surface area contributed by atoms with Crippen molar-refractivity contribution in [3.05, 3.63) is 59.2 Å². The van der Waals surface area contributed by atoms with E-state index in [0.29, 0.717) is 25.7 Å². The summed E-state index contributed by atoms with van der Waals surface area (Å²) in [6.45, 7) is 5.58. The highest BCUT2D eigenvalue weighted by Crippen LogP contribution is 2.19. The molecule has 7 heteroatoms. The number of carbonyl (C=O) groups excluding carboxylic acids is 1. The SMILES string of the molecule is Cc1cc(C)cc(NC(N)=NCc2ccc(N3CCOC3=O)cc2)c1.I. The van der Waals surface area contributed by atoms with Gasteiger partial charge in [0.25, 0.3) is 0 Å². The molecular weight excluding hydrogens is 443 g/mol. The maximum Gasteiger partial charge on any atom is 0.414 e. The Morgan fingerprint density at radius 1 is 1.19 bits per heavy atom. The quantitative estimate of drug-likeness (QED) is 0.408. The van der Waals surface area contributed by atoms with Crippen LogP contribution in [0.4, 0.5) is 16.2 Å². The third-order valence-corrected chi connectivity index (χ3v) is 3.93. The van der Waals surface area contributed by atoms with Gasteiger partial charge in [-0.05, 0) is 54.8 Å².